The molecule has 0 spiro atoms. The first-order valence-electron chi connectivity index (χ1n) is 5.95. The van der Waals surface area contributed by atoms with Gasteiger partial charge in [-0.05, 0) is 50.2 Å². The third-order valence-corrected chi connectivity index (χ3v) is 3.29. The lowest BCUT2D eigenvalue weighted by molar-refractivity contribution is 0.0703. The molecule has 1 heterocycles. The number of carbonyl (C=O) groups is 1. The second-order valence-electron chi connectivity index (χ2n) is 4.44. The van der Waals surface area contributed by atoms with Gasteiger partial charge in [-0.2, -0.15) is 0 Å². The standard InChI is InChI=1S/C13H18N2O2.ClH/c1-15(11-6-8-14-9-7-11)13(17)10-2-4-12(16)5-3-10;/h2-5,11,14,16H,6-9H2,1H3;1H. The van der Waals surface area contributed by atoms with Crippen molar-refractivity contribution in [2.24, 2.45) is 0 Å². The number of halogens is 1. The SMILES string of the molecule is CN(C(=O)c1ccc(O)cc1)C1CCNCC1.Cl. The van der Waals surface area contributed by atoms with Crippen molar-refractivity contribution in [3.8, 4) is 5.75 Å². The fourth-order valence-electron chi connectivity index (χ4n) is 2.17. The van der Waals surface area contributed by atoms with Crippen molar-refractivity contribution in [1.29, 1.82) is 0 Å². The maximum absolute atomic E-state index is 12.2. The van der Waals surface area contributed by atoms with E-state index in [4.69, 9.17) is 0 Å². The average Bonchev–Trinajstić information content (AvgIpc) is 2.39. The molecule has 0 saturated carbocycles. The van der Waals surface area contributed by atoms with Gasteiger partial charge in [-0.3, -0.25) is 4.79 Å². The molecule has 2 rings (SSSR count). The Kier molecular flexibility index (Phi) is 5.44. The van der Waals surface area contributed by atoms with Gasteiger partial charge in [-0.15, -0.1) is 12.4 Å². The molecule has 4 nitrogen and oxygen atoms in total. The fourth-order valence-corrected chi connectivity index (χ4v) is 2.17. The van der Waals surface area contributed by atoms with E-state index in [1.165, 1.54) is 0 Å². The van der Waals surface area contributed by atoms with Crippen molar-refractivity contribution in [1.82, 2.24) is 10.2 Å². The largest absolute Gasteiger partial charge is 0.508 e. The van der Waals surface area contributed by atoms with E-state index in [2.05, 4.69) is 5.32 Å². The van der Waals surface area contributed by atoms with Crippen LogP contribution in [0.2, 0.25) is 0 Å². The highest BCUT2D eigenvalue weighted by atomic mass is 35.5. The quantitative estimate of drug-likeness (QED) is 0.859. The summed E-state index contributed by atoms with van der Waals surface area (Å²) in [5, 5.41) is 12.5. The van der Waals surface area contributed by atoms with Crippen LogP contribution in [0.15, 0.2) is 24.3 Å². The van der Waals surface area contributed by atoms with Crippen molar-refractivity contribution < 1.29 is 9.90 Å². The van der Waals surface area contributed by atoms with E-state index >= 15 is 0 Å². The predicted octanol–water partition coefficient (Wildman–Crippen LogP) is 1.64. The van der Waals surface area contributed by atoms with Gasteiger partial charge in [0.1, 0.15) is 5.75 Å². The Morgan fingerprint density at radius 2 is 1.83 bits per heavy atom. The summed E-state index contributed by atoms with van der Waals surface area (Å²) in [6, 6.07) is 6.73. The molecule has 18 heavy (non-hydrogen) atoms. The molecule has 0 radical (unpaired) electrons. The van der Waals surface area contributed by atoms with Crippen molar-refractivity contribution in [3.63, 3.8) is 0 Å². The van der Waals surface area contributed by atoms with Gasteiger partial charge in [0.2, 0.25) is 0 Å². The molecule has 1 aliphatic rings. The summed E-state index contributed by atoms with van der Waals surface area (Å²) in [5.41, 5.74) is 0.629. The molecule has 100 valence electrons. The fraction of sp³-hybridized carbons (Fsp3) is 0.462. The average molecular weight is 271 g/mol. The van der Waals surface area contributed by atoms with Crippen LogP contribution in [0.25, 0.3) is 0 Å². The highest BCUT2D eigenvalue weighted by Gasteiger charge is 2.22. The van der Waals surface area contributed by atoms with Crippen molar-refractivity contribution >= 4 is 18.3 Å². The van der Waals surface area contributed by atoms with Gasteiger partial charge in [0.25, 0.3) is 5.91 Å². The third-order valence-electron chi connectivity index (χ3n) is 3.29. The Hall–Kier alpha value is -1.26. The summed E-state index contributed by atoms with van der Waals surface area (Å²) >= 11 is 0. The number of rotatable bonds is 2. The molecule has 0 bridgehead atoms. The van der Waals surface area contributed by atoms with Crippen LogP contribution in [0, 0.1) is 0 Å². The Balaban J connectivity index is 0.00000162. The summed E-state index contributed by atoms with van der Waals surface area (Å²) in [5.74, 6) is 0.211. The molecule has 1 amide bonds. The van der Waals surface area contributed by atoms with Crippen LogP contribution in [0.3, 0.4) is 0 Å². The predicted molar refractivity (Wildman–Crippen MR) is 73.3 cm³/mol. The minimum absolute atomic E-state index is 0. The molecular weight excluding hydrogens is 252 g/mol. The molecule has 1 aromatic rings. The van der Waals surface area contributed by atoms with E-state index in [-0.39, 0.29) is 24.1 Å². The first-order chi connectivity index (χ1) is 8.18. The molecule has 5 heteroatoms. The minimum Gasteiger partial charge on any atom is -0.508 e. The van der Waals surface area contributed by atoms with E-state index in [1.54, 1.807) is 24.3 Å². The zero-order valence-corrected chi connectivity index (χ0v) is 11.2. The summed E-state index contributed by atoms with van der Waals surface area (Å²) < 4.78 is 0. The zero-order valence-electron chi connectivity index (χ0n) is 10.4. The number of nitrogens with one attached hydrogen (secondary N) is 1. The smallest absolute Gasteiger partial charge is 0.253 e. The Labute approximate surface area is 113 Å². The molecule has 1 fully saturated rings. The molecule has 1 aromatic carbocycles. The first-order valence-corrected chi connectivity index (χ1v) is 5.95. The number of phenols is 1. The molecule has 0 unspecified atom stereocenters. The Bertz CT molecular complexity index is 388. The zero-order chi connectivity index (χ0) is 12.3. The number of phenolic OH excluding ortho intramolecular Hbond substituents is 1. The van der Waals surface area contributed by atoms with Crippen LogP contribution in [0.4, 0.5) is 0 Å². The maximum atomic E-state index is 12.2. The third kappa shape index (κ3) is 3.37. The van der Waals surface area contributed by atoms with Crippen LogP contribution >= 0.6 is 12.4 Å². The monoisotopic (exact) mass is 270 g/mol. The van der Waals surface area contributed by atoms with E-state index in [0.29, 0.717) is 11.6 Å². The number of hydrogen-bond donors (Lipinski definition) is 2. The summed E-state index contributed by atoms with van der Waals surface area (Å²) in [4.78, 5) is 14.0. The van der Waals surface area contributed by atoms with Crippen molar-refractivity contribution in [2.75, 3.05) is 20.1 Å². The highest BCUT2D eigenvalue weighted by molar-refractivity contribution is 5.94. The summed E-state index contributed by atoms with van der Waals surface area (Å²) in [6.07, 6.45) is 2.00. The number of nitrogens with zero attached hydrogens (tertiary/aromatic N) is 1. The van der Waals surface area contributed by atoms with Crippen molar-refractivity contribution in [3.05, 3.63) is 29.8 Å². The van der Waals surface area contributed by atoms with Crippen LogP contribution in [0.5, 0.6) is 5.75 Å². The topological polar surface area (TPSA) is 52.6 Å². The van der Waals surface area contributed by atoms with Gasteiger partial charge >= 0.3 is 0 Å². The van der Waals surface area contributed by atoms with Crippen LogP contribution < -0.4 is 5.32 Å². The second-order valence-corrected chi connectivity index (χ2v) is 4.44. The van der Waals surface area contributed by atoms with E-state index in [0.717, 1.165) is 25.9 Å². The van der Waals surface area contributed by atoms with Crippen LogP contribution in [0.1, 0.15) is 23.2 Å². The Morgan fingerprint density at radius 1 is 1.28 bits per heavy atom. The number of hydrogen-bond acceptors (Lipinski definition) is 3. The van der Waals surface area contributed by atoms with E-state index < -0.39 is 0 Å². The van der Waals surface area contributed by atoms with Crippen LogP contribution in [-0.2, 0) is 0 Å². The lowest BCUT2D eigenvalue weighted by atomic mass is 10.0. The molecule has 1 aliphatic heterocycles. The number of carbonyl (C=O) groups excluding carboxylic acids is 1. The summed E-state index contributed by atoms with van der Waals surface area (Å²) in [6.45, 7) is 1.94. The maximum Gasteiger partial charge on any atom is 0.253 e. The van der Waals surface area contributed by atoms with Gasteiger partial charge in [0, 0.05) is 18.7 Å². The second kappa shape index (κ2) is 6.61. The van der Waals surface area contributed by atoms with E-state index in [1.807, 2.05) is 11.9 Å². The molecule has 1 saturated heterocycles. The highest BCUT2D eigenvalue weighted by Crippen LogP contribution is 2.15. The van der Waals surface area contributed by atoms with Crippen molar-refractivity contribution in [2.45, 2.75) is 18.9 Å². The van der Waals surface area contributed by atoms with Gasteiger partial charge in [0.05, 0.1) is 0 Å². The van der Waals surface area contributed by atoms with Crippen LogP contribution in [-0.4, -0.2) is 42.1 Å². The van der Waals surface area contributed by atoms with Gasteiger partial charge in [-0.1, -0.05) is 0 Å². The normalized spacial score (nSPS) is 15.8. The minimum atomic E-state index is 0. The van der Waals surface area contributed by atoms with Gasteiger partial charge < -0.3 is 15.3 Å². The molecule has 0 atom stereocenters. The number of piperidine rings is 1. The summed E-state index contributed by atoms with van der Waals surface area (Å²) in [7, 11) is 1.85. The van der Waals surface area contributed by atoms with Gasteiger partial charge in [-0.25, -0.2) is 0 Å². The molecule has 0 aromatic heterocycles. The van der Waals surface area contributed by atoms with Gasteiger partial charge in [0.15, 0.2) is 0 Å². The number of aromatic hydroxyl groups is 1. The molecule has 0 aliphatic carbocycles. The molecule has 2 N–H and O–H groups in total. The number of benzene rings is 1. The Morgan fingerprint density at radius 3 is 2.39 bits per heavy atom. The first kappa shape index (κ1) is 14.8. The van der Waals surface area contributed by atoms with E-state index in [9.17, 15) is 9.90 Å². The number of amides is 1. The lowest BCUT2D eigenvalue weighted by Gasteiger charge is -2.31. The lowest BCUT2D eigenvalue weighted by Crippen LogP contribution is -2.43. The molecular formula is C13H19ClN2O2.